The van der Waals surface area contributed by atoms with E-state index in [0.29, 0.717) is 12.2 Å². The number of benzene rings is 1. The molecule has 0 saturated carbocycles. The molecule has 3 N–H and O–H groups in total. The summed E-state index contributed by atoms with van der Waals surface area (Å²) in [7, 11) is 0. The zero-order valence-corrected chi connectivity index (χ0v) is 13.1. The predicted molar refractivity (Wildman–Crippen MR) is 82.6 cm³/mol. The third kappa shape index (κ3) is 6.69. The van der Waals surface area contributed by atoms with Crippen LogP contribution in [0.25, 0.3) is 0 Å². The van der Waals surface area contributed by atoms with Crippen LogP contribution in [0.4, 0.5) is 10.1 Å². The Labute approximate surface area is 125 Å². The van der Waals surface area contributed by atoms with Gasteiger partial charge in [0.25, 0.3) is 0 Å². The summed E-state index contributed by atoms with van der Waals surface area (Å²) in [4.78, 5) is 11.8. The van der Waals surface area contributed by atoms with E-state index in [9.17, 15) is 14.3 Å². The molecule has 0 aliphatic carbocycles. The van der Waals surface area contributed by atoms with Gasteiger partial charge in [-0.2, -0.15) is 0 Å². The Morgan fingerprint density at radius 2 is 1.86 bits per heavy atom. The first-order valence-corrected chi connectivity index (χ1v) is 7.15. The first-order valence-electron chi connectivity index (χ1n) is 7.15. The van der Waals surface area contributed by atoms with Crippen molar-refractivity contribution in [1.82, 2.24) is 5.32 Å². The second-order valence-corrected chi connectivity index (χ2v) is 6.45. The van der Waals surface area contributed by atoms with Gasteiger partial charge in [-0.25, -0.2) is 4.39 Å². The molecule has 0 fully saturated rings. The van der Waals surface area contributed by atoms with Gasteiger partial charge in [-0.3, -0.25) is 4.79 Å². The number of hydrogen-bond donors (Lipinski definition) is 3. The third-order valence-electron chi connectivity index (χ3n) is 3.28. The standard InChI is InChI=1S/C16H25FN2O2/c1-11(18-10-14(20)16(2,3)4)9-15(21)19-13-7-5-12(17)6-8-13/h5-8,11,14,18,20H,9-10H2,1-4H3,(H,19,21). The minimum Gasteiger partial charge on any atom is -0.391 e. The van der Waals surface area contributed by atoms with Crippen molar-refractivity contribution < 1.29 is 14.3 Å². The summed E-state index contributed by atoms with van der Waals surface area (Å²) in [5, 5.41) is 15.8. The van der Waals surface area contributed by atoms with Gasteiger partial charge in [0.15, 0.2) is 0 Å². The number of aliphatic hydroxyl groups excluding tert-OH is 1. The van der Waals surface area contributed by atoms with Gasteiger partial charge in [-0.1, -0.05) is 20.8 Å². The number of carbonyl (C=O) groups excluding carboxylic acids is 1. The van der Waals surface area contributed by atoms with Crippen LogP contribution in [-0.2, 0) is 4.79 Å². The highest BCUT2D eigenvalue weighted by Gasteiger charge is 2.22. The van der Waals surface area contributed by atoms with Crippen molar-refractivity contribution in [1.29, 1.82) is 0 Å². The molecule has 0 heterocycles. The van der Waals surface area contributed by atoms with Crippen LogP contribution >= 0.6 is 0 Å². The third-order valence-corrected chi connectivity index (χ3v) is 3.28. The second kappa shape index (κ2) is 7.52. The summed E-state index contributed by atoms with van der Waals surface area (Å²) in [6, 6.07) is 5.60. The fraction of sp³-hybridized carbons (Fsp3) is 0.562. The van der Waals surface area contributed by atoms with Gasteiger partial charge in [0, 0.05) is 24.7 Å². The van der Waals surface area contributed by atoms with Crippen LogP contribution in [0.3, 0.4) is 0 Å². The van der Waals surface area contributed by atoms with Gasteiger partial charge >= 0.3 is 0 Å². The second-order valence-electron chi connectivity index (χ2n) is 6.45. The molecule has 1 amide bonds. The highest BCUT2D eigenvalue weighted by atomic mass is 19.1. The smallest absolute Gasteiger partial charge is 0.225 e. The number of halogens is 1. The Balaban J connectivity index is 2.35. The lowest BCUT2D eigenvalue weighted by molar-refractivity contribution is -0.116. The number of rotatable bonds is 6. The van der Waals surface area contributed by atoms with Gasteiger partial charge in [0.1, 0.15) is 5.82 Å². The van der Waals surface area contributed by atoms with Crippen LogP contribution < -0.4 is 10.6 Å². The molecule has 2 atom stereocenters. The molecular weight excluding hydrogens is 271 g/mol. The topological polar surface area (TPSA) is 61.4 Å². The predicted octanol–water partition coefficient (Wildman–Crippen LogP) is 2.54. The molecule has 0 radical (unpaired) electrons. The zero-order valence-electron chi connectivity index (χ0n) is 13.1. The molecule has 5 heteroatoms. The van der Waals surface area contributed by atoms with Crippen molar-refractivity contribution in [3.8, 4) is 0 Å². The molecule has 0 saturated heterocycles. The summed E-state index contributed by atoms with van der Waals surface area (Å²) >= 11 is 0. The fourth-order valence-electron chi connectivity index (χ4n) is 1.71. The average Bonchev–Trinajstić information content (AvgIpc) is 2.37. The lowest BCUT2D eigenvalue weighted by Gasteiger charge is -2.27. The van der Waals surface area contributed by atoms with Crippen LogP contribution in [0.5, 0.6) is 0 Å². The van der Waals surface area contributed by atoms with Crippen molar-refractivity contribution in [2.45, 2.75) is 46.3 Å². The van der Waals surface area contributed by atoms with Gasteiger partial charge in [-0.05, 0) is 36.6 Å². The highest BCUT2D eigenvalue weighted by molar-refractivity contribution is 5.91. The first-order chi connectivity index (χ1) is 9.68. The van der Waals surface area contributed by atoms with E-state index in [0.717, 1.165) is 0 Å². The van der Waals surface area contributed by atoms with Crippen molar-refractivity contribution in [3.05, 3.63) is 30.1 Å². The van der Waals surface area contributed by atoms with Crippen LogP contribution in [0, 0.1) is 11.2 Å². The van der Waals surface area contributed by atoms with Crippen molar-refractivity contribution >= 4 is 11.6 Å². The number of nitrogens with one attached hydrogen (secondary N) is 2. The molecule has 0 aromatic heterocycles. The number of aliphatic hydroxyl groups is 1. The quantitative estimate of drug-likeness (QED) is 0.756. The Bertz CT molecular complexity index is 454. The van der Waals surface area contributed by atoms with Gasteiger partial charge < -0.3 is 15.7 Å². The summed E-state index contributed by atoms with van der Waals surface area (Å²) in [6.45, 7) is 8.22. The highest BCUT2D eigenvalue weighted by Crippen LogP contribution is 2.18. The van der Waals surface area contributed by atoms with E-state index in [1.54, 1.807) is 0 Å². The van der Waals surface area contributed by atoms with Crippen LogP contribution in [0.15, 0.2) is 24.3 Å². The van der Waals surface area contributed by atoms with E-state index < -0.39 is 6.10 Å². The summed E-state index contributed by atoms with van der Waals surface area (Å²) in [6.07, 6.45) is -0.186. The maximum atomic E-state index is 12.8. The van der Waals surface area contributed by atoms with E-state index >= 15 is 0 Å². The van der Waals surface area contributed by atoms with E-state index in [-0.39, 0.29) is 29.6 Å². The molecule has 0 aliphatic heterocycles. The minimum atomic E-state index is -0.472. The van der Waals surface area contributed by atoms with Crippen LogP contribution in [0.1, 0.15) is 34.1 Å². The molecule has 1 aromatic carbocycles. The number of carbonyl (C=O) groups is 1. The van der Waals surface area contributed by atoms with Crippen molar-refractivity contribution in [3.63, 3.8) is 0 Å². The van der Waals surface area contributed by atoms with Crippen LogP contribution in [-0.4, -0.2) is 29.7 Å². The molecular formula is C16H25FN2O2. The minimum absolute atomic E-state index is 0.0533. The molecule has 0 spiro atoms. The number of anilines is 1. The molecule has 21 heavy (non-hydrogen) atoms. The summed E-state index contributed by atoms with van der Waals surface area (Å²) in [5.74, 6) is -0.481. The molecule has 0 bridgehead atoms. The van der Waals surface area contributed by atoms with Gasteiger partial charge in [-0.15, -0.1) is 0 Å². The summed E-state index contributed by atoms with van der Waals surface area (Å²) in [5.41, 5.74) is 0.381. The van der Waals surface area contributed by atoms with Gasteiger partial charge in [0.05, 0.1) is 6.10 Å². The SMILES string of the molecule is CC(CC(=O)Nc1ccc(F)cc1)NCC(O)C(C)(C)C. The molecule has 2 unspecified atom stereocenters. The summed E-state index contributed by atoms with van der Waals surface area (Å²) < 4.78 is 12.8. The molecule has 4 nitrogen and oxygen atoms in total. The number of hydrogen-bond acceptors (Lipinski definition) is 3. The Hall–Kier alpha value is -1.46. The Morgan fingerprint density at radius 3 is 2.38 bits per heavy atom. The molecule has 1 aromatic rings. The normalized spacial score (nSPS) is 14.6. The largest absolute Gasteiger partial charge is 0.391 e. The molecule has 1 rings (SSSR count). The molecule has 118 valence electrons. The van der Waals surface area contributed by atoms with E-state index in [4.69, 9.17) is 0 Å². The van der Waals surface area contributed by atoms with E-state index in [2.05, 4.69) is 10.6 Å². The Morgan fingerprint density at radius 1 is 1.29 bits per heavy atom. The Kier molecular flexibility index (Phi) is 6.30. The van der Waals surface area contributed by atoms with Crippen LogP contribution in [0.2, 0.25) is 0 Å². The lowest BCUT2D eigenvalue weighted by Crippen LogP contribution is -2.41. The van der Waals surface area contributed by atoms with Crippen molar-refractivity contribution in [2.24, 2.45) is 5.41 Å². The van der Waals surface area contributed by atoms with Crippen molar-refractivity contribution in [2.75, 3.05) is 11.9 Å². The number of amides is 1. The maximum Gasteiger partial charge on any atom is 0.225 e. The monoisotopic (exact) mass is 296 g/mol. The average molecular weight is 296 g/mol. The molecule has 0 aliphatic rings. The van der Waals surface area contributed by atoms with E-state index in [1.165, 1.54) is 24.3 Å². The van der Waals surface area contributed by atoms with E-state index in [1.807, 2.05) is 27.7 Å². The zero-order chi connectivity index (χ0) is 16.0. The maximum absolute atomic E-state index is 12.8. The first kappa shape index (κ1) is 17.6. The lowest BCUT2D eigenvalue weighted by atomic mass is 9.89. The fourth-order valence-corrected chi connectivity index (χ4v) is 1.71. The van der Waals surface area contributed by atoms with Gasteiger partial charge in [0.2, 0.25) is 5.91 Å².